The van der Waals surface area contributed by atoms with Crippen LogP contribution in [0.25, 0.3) is 0 Å². The van der Waals surface area contributed by atoms with E-state index in [1.165, 1.54) is 4.31 Å². The van der Waals surface area contributed by atoms with Crippen molar-refractivity contribution in [1.29, 1.82) is 0 Å². The molecule has 1 aliphatic heterocycles. The van der Waals surface area contributed by atoms with Gasteiger partial charge in [-0.25, -0.2) is 0 Å². The van der Waals surface area contributed by atoms with Gasteiger partial charge in [-0.15, -0.1) is 4.40 Å². The lowest BCUT2D eigenvalue weighted by atomic mass is 10.1. The summed E-state index contributed by atoms with van der Waals surface area (Å²) in [7, 11) is -2.15. The molecule has 5 nitrogen and oxygen atoms in total. The summed E-state index contributed by atoms with van der Waals surface area (Å²) < 4.78 is 34.9. The molecule has 0 N–H and O–H groups in total. The molecule has 6 heteroatoms. The van der Waals surface area contributed by atoms with Crippen molar-refractivity contribution in [2.45, 2.75) is 6.54 Å². The molecule has 1 aliphatic rings. The van der Waals surface area contributed by atoms with Crippen LogP contribution in [0, 0.1) is 0 Å². The Morgan fingerprint density at radius 2 is 1.74 bits per heavy atom. The normalized spacial score (nSPS) is 16.0. The first kappa shape index (κ1) is 15.3. The molecule has 0 saturated carbocycles. The Hall–Kier alpha value is -2.60. The van der Waals surface area contributed by atoms with Gasteiger partial charge in [0.05, 0.1) is 19.4 Å². The van der Waals surface area contributed by atoms with Crippen LogP contribution in [0.15, 0.2) is 71.3 Å². The summed E-state index contributed by atoms with van der Waals surface area (Å²) in [5.41, 5.74) is 2.05. The Balaban J connectivity index is 1.83. The Bertz CT molecular complexity index is 841. The molecule has 3 rings (SSSR count). The summed E-state index contributed by atoms with van der Waals surface area (Å²) in [6.45, 7) is 0.263. The van der Waals surface area contributed by atoms with Crippen molar-refractivity contribution >= 4 is 15.9 Å². The predicted octanol–water partition coefficient (Wildman–Crippen LogP) is 2.76. The minimum absolute atomic E-state index is 0.263. The summed E-state index contributed by atoms with van der Waals surface area (Å²) in [4.78, 5) is 0. The summed E-state index contributed by atoms with van der Waals surface area (Å²) >= 11 is 0. The third-order valence-electron chi connectivity index (χ3n) is 3.48. The molecule has 2 aromatic rings. The van der Waals surface area contributed by atoms with Gasteiger partial charge in [0, 0.05) is 11.8 Å². The molecule has 0 unspecified atom stereocenters. The van der Waals surface area contributed by atoms with Crippen LogP contribution in [-0.4, -0.2) is 25.5 Å². The summed E-state index contributed by atoms with van der Waals surface area (Å²) in [5, 5.41) is 0. The zero-order valence-corrected chi connectivity index (χ0v) is 13.4. The van der Waals surface area contributed by atoms with E-state index in [9.17, 15) is 8.42 Å². The van der Waals surface area contributed by atoms with Crippen LogP contribution >= 0.6 is 0 Å². The van der Waals surface area contributed by atoms with E-state index in [0.29, 0.717) is 11.5 Å². The minimum atomic E-state index is -3.73. The molecular weight excluding hydrogens is 312 g/mol. The van der Waals surface area contributed by atoms with Gasteiger partial charge in [-0.3, -0.25) is 4.31 Å². The lowest BCUT2D eigenvalue weighted by Crippen LogP contribution is -2.27. The molecule has 23 heavy (non-hydrogen) atoms. The number of nitrogens with zero attached hydrogens (tertiary/aromatic N) is 2. The van der Waals surface area contributed by atoms with Crippen LogP contribution in [-0.2, 0) is 16.8 Å². The molecule has 0 aromatic heterocycles. The summed E-state index contributed by atoms with van der Waals surface area (Å²) in [6.07, 6.45) is 3.25. The van der Waals surface area contributed by atoms with E-state index in [1.54, 1.807) is 43.7 Å². The first-order valence-corrected chi connectivity index (χ1v) is 8.46. The molecule has 0 spiro atoms. The van der Waals surface area contributed by atoms with E-state index in [-0.39, 0.29) is 6.54 Å². The number of benzene rings is 2. The van der Waals surface area contributed by atoms with Crippen LogP contribution in [0.1, 0.15) is 11.1 Å². The lowest BCUT2D eigenvalue weighted by Gasteiger charge is -2.21. The van der Waals surface area contributed by atoms with Crippen LogP contribution in [0.2, 0.25) is 0 Å². The molecule has 118 valence electrons. The fourth-order valence-electron chi connectivity index (χ4n) is 2.25. The largest absolute Gasteiger partial charge is 0.497 e. The third-order valence-corrected chi connectivity index (χ3v) is 4.75. The number of ether oxygens (including phenoxy) is 1. The fraction of sp³-hybridized carbons (Fsp3) is 0.118. The maximum atomic E-state index is 12.4. The van der Waals surface area contributed by atoms with Crippen molar-refractivity contribution in [3.63, 3.8) is 0 Å². The van der Waals surface area contributed by atoms with E-state index < -0.39 is 10.2 Å². The minimum Gasteiger partial charge on any atom is -0.497 e. The van der Waals surface area contributed by atoms with Crippen LogP contribution in [0.4, 0.5) is 0 Å². The molecule has 0 saturated heterocycles. The molecule has 0 amide bonds. The quantitative estimate of drug-likeness (QED) is 0.867. The topological polar surface area (TPSA) is 59.0 Å². The molecule has 0 atom stereocenters. The molecule has 2 aromatic carbocycles. The van der Waals surface area contributed by atoms with Gasteiger partial charge >= 0.3 is 10.2 Å². The smallest absolute Gasteiger partial charge is 0.345 e. The second kappa shape index (κ2) is 6.26. The van der Waals surface area contributed by atoms with Crippen molar-refractivity contribution < 1.29 is 13.2 Å². The van der Waals surface area contributed by atoms with E-state index in [1.807, 2.05) is 30.3 Å². The predicted molar refractivity (Wildman–Crippen MR) is 89.6 cm³/mol. The van der Waals surface area contributed by atoms with Gasteiger partial charge in [0.2, 0.25) is 0 Å². The Kier molecular flexibility index (Phi) is 4.16. The van der Waals surface area contributed by atoms with E-state index in [2.05, 4.69) is 4.40 Å². The average Bonchev–Trinajstić information content (AvgIpc) is 2.57. The number of rotatable bonds is 4. The fourth-order valence-corrected chi connectivity index (χ4v) is 3.29. The zero-order valence-electron chi connectivity index (χ0n) is 12.6. The second-order valence-electron chi connectivity index (χ2n) is 5.03. The number of hydrogen-bond acceptors (Lipinski definition) is 3. The van der Waals surface area contributed by atoms with Crippen LogP contribution in [0.3, 0.4) is 0 Å². The van der Waals surface area contributed by atoms with E-state index >= 15 is 0 Å². The average molecular weight is 328 g/mol. The standard InChI is InChI=1S/C17H16N2O3S/c1-22-16-9-7-15(8-10-16)17-11-12-19(23(20,21)18-17)13-14-5-3-2-4-6-14/h2-12H,13H2,1H3. The first-order valence-electron chi connectivity index (χ1n) is 7.07. The number of allylic oxidation sites excluding steroid dienone is 1. The molecule has 0 radical (unpaired) electrons. The highest BCUT2D eigenvalue weighted by Gasteiger charge is 2.22. The van der Waals surface area contributed by atoms with Gasteiger partial charge in [-0.05, 0) is 35.9 Å². The second-order valence-corrected chi connectivity index (χ2v) is 6.58. The van der Waals surface area contributed by atoms with Gasteiger partial charge in [-0.1, -0.05) is 30.3 Å². The maximum Gasteiger partial charge on any atom is 0.345 e. The SMILES string of the molecule is COc1ccc(C2=NS(=O)(=O)N(Cc3ccccc3)C=C2)cc1. The monoisotopic (exact) mass is 328 g/mol. The zero-order chi connectivity index (χ0) is 16.3. The number of methoxy groups -OCH3 is 1. The van der Waals surface area contributed by atoms with Crippen LogP contribution < -0.4 is 4.74 Å². The highest BCUT2D eigenvalue weighted by Crippen LogP contribution is 2.19. The Morgan fingerprint density at radius 3 is 2.35 bits per heavy atom. The molecule has 0 fully saturated rings. The molecule has 0 aliphatic carbocycles. The van der Waals surface area contributed by atoms with Gasteiger partial charge < -0.3 is 4.74 Å². The highest BCUT2D eigenvalue weighted by molar-refractivity contribution is 7.88. The third kappa shape index (κ3) is 3.43. The molecule has 1 heterocycles. The van der Waals surface area contributed by atoms with Crippen molar-refractivity contribution in [2.75, 3.05) is 7.11 Å². The number of hydrogen-bond donors (Lipinski definition) is 0. The van der Waals surface area contributed by atoms with Gasteiger partial charge in [0.15, 0.2) is 0 Å². The van der Waals surface area contributed by atoms with Crippen molar-refractivity contribution in [1.82, 2.24) is 4.31 Å². The maximum absolute atomic E-state index is 12.4. The Morgan fingerprint density at radius 1 is 1.04 bits per heavy atom. The molecular formula is C17H16N2O3S. The van der Waals surface area contributed by atoms with Gasteiger partial charge in [-0.2, -0.15) is 8.42 Å². The highest BCUT2D eigenvalue weighted by atomic mass is 32.2. The molecule has 0 bridgehead atoms. The van der Waals surface area contributed by atoms with Gasteiger partial charge in [0.1, 0.15) is 5.75 Å². The van der Waals surface area contributed by atoms with Crippen molar-refractivity contribution in [2.24, 2.45) is 4.40 Å². The van der Waals surface area contributed by atoms with Crippen molar-refractivity contribution in [3.05, 3.63) is 78.0 Å². The summed E-state index contributed by atoms with van der Waals surface area (Å²) in [6, 6.07) is 16.5. The van der Waals surface area contributed by atoms with E-state index in [4.69, 9.17) is 4.74 Å². The van der Waals surface area contributed by atoms with Crippen molar-refractivity contribution in [3.8, 4) is 5.75 Å². The summed E-state index contributed by atoms with van der Waals surface area (Å²) in [5.74, 6) is 0.711. The Labute approximate surface area is 135 Å². The first-order chi connectivity index (χ1) is 11.1. The van der Waals surface area contributed by atoms with Crippen LogP contribution in [0.5, 0.6) is 5.75 Å². The lowest BCUT2D eigenvalue weighted by molar-refractivity contribution is 0.415. The van der Waals surface area contributed by atoms with Gasteiger partial charge in [0.25, 0.3) is 0 Å². The van der Waals surface area contributed by atoms with E-state index in [0.717, 1.165) is 11.1 Å².